The minimum Gasteiger partial charge on any atom is -0.396 e. The summed E-state index contributed by atoms with van der Waals surface area (Å²) in [6.07, 6.45) is 2.27. The summed E-state index contributed by atoms with van der Waals surface area (Å²) in [6, 6.07) is 0. The SMILES string of the molecule is OCCCOC1CCNC1. The van der Waals surface area contributed by atoms with E-state index in [1.165, 1.54) is 0 Å². The van der Waals surface area contributed by atoms with Gasteiger partial charge in [-0.1, -0.05) is 0 Å². The van der Waals surface area contributed by atoms with Crippen LogP contribution in [0.4, 0.5) is 0 Å². The number of rotatable bonds is 4. The Hall–Kier alpha value is -0.120. The molecule has 3 nitrogen and oxygen atoms in total. The van der Waals surface area contributed by atoms with E-state index in [2.05, 4.69) is 5.32 Å². The summed E-state index contributed by atoms with van der Waals surface area (Å²) in [5, 5.41) is 11.7. The molecule has 1 rings (SSSR count). The maximum atomic E-state index is 8.44. The molecule has 1 heterocycles. The average molecular weight is 145 g/mol. The van der Waals surface area contributed by atoms with E-state index in [1.54, 1.807) is 0 Å². The van der Waals surface area contributed by atoms with Crippen molar-refractivity contribution < 1.29 is 9.84 Å². The second-order valence-electron chi connectivity index (χ2n) is 2.56. The van der Waals surface area contributed by atoms with Gasteiger partial charge in [0.15, 0.2) is 0 Å². The molecule has 1 unspecified atom stereocenters. The fourth-order valence-corrected chi connectivity index (χ4v) is 1.08. The van der Waals surface area contributed by atoms with Crippen LogP contribution < -0.4 is 5.32 Å². The minimum atomic E-state index is 0.236. The Morgan fingerprint density at radius 2 is 2.50 bits per heavy atom. The van der Waals surface area contributed by atoms with Crippen molar-refractivity contribution in [3.63, 3.8) is 0 Å². The summed E-state index contributed by atoms with van der Waals surface area (Å²) in [6.45, 7) is 2.98. The Kier molecular flexibility index (Phi) is 3.72. The van der Waals surface area contributed by atoms with Gasteiger partial charge in [-0.25, -0.2) is 0 Å². The predicted molar refractivity (Wildman–Crippen MR) is 38.9 cm³/mol. The van der Waals surface area contributed by atoms with Crippen molar-refractivity contribution in [2.24, 2.45) is 0 Å². The Labute approximate surface area is 61.4 Å². The zero-order valence-corrected chi connectivity index (χ0v) is 6.18. The summed E-state index contributed by atoms with van der Waals surface area (Å²) in [7, 11) is 0. The van der Waals surface area contributed by atoms with Gasteiger partial charge in [0.2, 0.25) is 0 Å². The lowest BCUT2D eigenvalue weighted by Crippen LogP contribution is -2.17. The maximum absolute atomic E-state index is 8.44. The van der Waals surface area contributed by atoms with Gasteiger partial charge in [0.1, 0.15) is 0 Å². The molecule has 1 atom stereocenters. The summed E-state index contributed by atoms with van der Waals surface area (Å²) in [5.74, 6) is 0. The molecule has 1 saturated heterocycles. The first kappa shape index (κ1) is 7.98. The van der Waals surface area contributed by atoms with Crippen LogP contribution in [0.5, 0.6) is 0 Å². The quantitative estimate of drug-likeness (QED) is 0.536. The predicted octanol–water partition coefficient (Wildman–Crippen LogP) is -0.253. The largest absolute Gasteiger partial charge is 0.396 e. The molecular weight excluding hydrogens is 130 g/mol. The molecule has 0 aromatic heterocycles. The average Bonchev–Trinajstić information content (AvgIpc) is 2.41. The number of aliphatic hydroxyl groups is 1. The highest BCUT2D eigenvalue weighted by molar-refractivity contribution is 4.70. The number of hydrogen-bond donors (Lipinski definition) is 2. The van der Waals surface area contributed by atoms with Crippen LogP contribution in [-0.2, 0) is 4.74 Å². The molecule has 0 amide bonds. The number of aliphatic hydroxyl groups excluding tert-OH is 1. The molecule has 2 N–H and O–H groups in total. The molecule has 0 bridgehead atoms. The van der Waals surface area contributed by atoms with Crippen molar-refractivity contribution in [3.8, 4) is 0 Å². The summed E-state index contributed by atoms with van der Waals surface area (Å²) in [4.78, 5) is 0. The van der Waals surface area contributed by atoms with Crippen molar-refractivity contribution in [2.45, 2.75) is 18.9 Å². The standard InChI is InChI=1S/C7H15NO2/c9-4-1-5-10-7-2-3-8-6-7/h7-9H,1-6H2. The Bertz CT molecular complexity index is 81.7. The second kappa shape index (κ2) is 4.66. The monoisotopic (exact) mass is 145 g/mol. The first-order valence-electron chi connectivity index (χ1n) is 3.86. The first-order chi connectivity index (χ1) is 4.93. The Balaban J connectivity index is 1.91. The highest BCUT2D eigenvalue weighted by Gasteiger charge is 2.13. The highest BCUT2D eigenvalue weighted by Crippen LogP contribution is 2.02. The number of nitrogens with one attached hydrogen (secondary N) is 1. The molecule has 1 aliphatic heterocycles. The van der Waals surface area contributed by atoms with Crippen LogP contribution in [-0.4, -0.2) is 37.5 Å². The lowest BCUT2D eigenvalue weighted by Gasteiger charge is -2.08. The molecule has 60 valence electrons. The van der Waals surface area contributed by atoms with Gasteiger partial charge in [-0.3, -0.25) is 0 Å². The first-order valence-corrected chi connectivity index (χ1v) is 3.86. The minimum absolute atomic E-state index is 0.236. The van der Waals surface area contributed by atoms with Gasteiger partial charge < -0.3 is 15.2 Å². The van der Waals surface area contributed by atoms with Crippen LogP contribution in [0, 0.1) is 0 Å². The molecule has 0 spiro atoms. The molecule has 0 saturated carbocycles. The van der Waals surface area contributed by atoms with E-state index >= 15 is 0 Å². The van der Waals surface area contributed by atoms with Gasteiger partial charge in [-0.2, -0.15) is 0 Å². The third-order valence-electron chi connectivity index (χ3n) is 1.67. The summed E-state index contributed by atoms with van der Waals surface area (Å²) >= 11 is 0. The van der Waals surface area contributed by atoms with Crippen molar-refractivity contribution in [1.82, 2.24) is 5.32 Å². The van der Waals surface area contributed by atoms with Crippen molar-refractivity contribution >= 4 is 0 Å². The van der Waals surface area contributed by atoms with Crippen molar-refractivity contribution in [2.75, 3.05) is 26.3 Å². The topological polar surface area (TPSA) is 41.5 Å². The molecule has 0 aromatic carbocycles. The van der Waals surface area contributed by atoms with Crippen LogP contribution in [0.25, 0.3) is 0 Å². The molecule has 0 aliphatic carbocycles. The van der Waals surface area contributed by atoms with E-state index in [1.807, 2.05) is 0 Å². The zero-order chi connectivity index (χ0) is 7.23. The molecular formula is C7H15NO2. The van der Waals surface area contributed by atoms with Gasteiger partial charge in [-0.15, -0.1) is 0 Å². The lowest BCUT2D eigenvalue weighted by atomic mass is 10.3. The fraction of sp³-hybridized carbons (Fsp3) is 1.00. The van der Waals surface area contributed by atoms with Crippen molar-refractivity contribution in [1.29, 1.82) is 0 Å². The van der Waals surface area contributed by atoms with Gasteiger partial charge in [0.25, 0.3) is 0 Å². The molecule has 0 aromatic rings. The van der Waals surface area contributed by atoms with Gasteiger partial charge in [0.05, 0.1) is 6.10 Å². The van der Waals surface area contributed by atoms with E-state index in [0.29, 0.717) is 12.7 Å². The summed E-state index contributed by atoms with van der Waals surface area (Å²) in [5.41, 5.74) is 0. The van der Waals surface area contributed by atoms with E-state index in [0.717, 1.165) is 25.9 Å². The normalized spacial score (nSPS) is 25.5. The summed E-state index contributed by atoms with van der Waals surface area (Å²) < 4.78 is 5.42. The van der Waals surface area contributed by atoms with Crippen LogP contribution in [0.15, 0.2) is 0 Å². The molecule has 10 heavy (non-hydrogen) atoms. The third-order valence-corrected chi connectivity index (χ3v) is 1.67. The molecule has 0 radical (unpaired) electrons. The van der Waals surface area contributed by atoms with E-state index in [4.69, 9.17) is 9.84 Å². The number of ether oxygens (including phenoxy) is 1. The van der Waals surface area contributed by atoms with Crippen LogP contribution >= 0.6 is 0 Å². The Morgan fingerprint density at radius 3 is 3.10 bits per heavy atom. The molecule has 3 heteroatoms. The third kappa shape index (κ3) is 2.64. The van der Waals surface area contributed by atoms with E-state index in [9.17, 15) is 0 Å². The van der Waals surface area contributed by atoms with Gasteiger partial charge in [-0.05, 0) is 19.4 Å². The van der Waals surface area contributed by atoms with E-state index < -0.39 is 0 Å². The van der Waals surface area contributed by atoms with Crippen molar-refractivity contribution in [3.05, 3.63) is 0 Å². The fourth-order valence-electron chi connectivity index (χ4n) is 1.08. The van der Waals surface area contributed by atoms with E-state index in [-0.39, 0.29) is 6.61 Å². The molecule has 1 fully saturated rings. The smallest absolute Gasteiger partial charge is 0.0711 e. The highest BCUT2D eigenvalue weighted by atomic mass is 16.5. The van der Waals surface area contributed by atoms with Crippen LogP contribution in [0.1, 0.15) is 12.8 Å². The maximum Gasteiger partial charge on any atom is 0.0711 e. The number of hydrogen-bond acceptors (Lipinski definition) is 3. The van der Waals surface area contributed by atoms with Gasteiger partial charge in [0, 0.05) is 19.8 Å². The van der Waals surface area contributed by atoms with Crippen LogP contribution in [0.2, 0.25) is 0 Å². The second-order valence-corrected chi connectivity index (χ2v) is 2.56. The lowest BCUT2D eigenvalue weighted by molar-refractivity contribution is 0.0568. The van der Waals surface area contributed by atoms with Gasteiger partial charge >= 0.3 is 0 Å². The Morgan fingerprint density at radius 1 is 1.60 bits per heavy atom. The molecule has 1 aliphatic rings. The zero-order valence-electron chi connectivity index (χ0n) is 6.18. The van der Waals surface area contributed by atoms with Crippen LogP contribution in [0.3, 0.4) is 0 Å².